The molecular formula is C25H40N2O3. The SMILES string of the molecule is CO[C@@H]1C[C@H]2CN(C(=O)C(C)(C)Oc3cc(C)ccc3C(C)C)C[C@H]2C[C@H]1N(C)C. The van der Waals surface area contributed by atoms with Crippen molar-refractivity contribution in [1.82, 2.24) is 9.80 Å². The molecule has 0 bridgehead atoms. The summed E-state index contributed by atoms with van der Waals surface area (Å²) < 4.78 is 12.2. The molecule has 2 aliphatic rings. The van der Waals surface area contributed by atoms with E-state index >= 15 is 0 Å². The van der Waals surface area contributed by atoms with E-state index in [1.54, 1.807) is 0 Å². The number of carbonyl (C=O) groups excluding carboxylic acids is 1. The number of methoxy groups -OCH3 is 1. The van der Waals surface area contributed by atoms with E-state index in [4.69, 9.17) is 9.47 Å². The van der Waals surface area contributed by atoms with E-state index in [1.807, 2.05) is 25.9 Å². The Morgan fingerprint density at radius 2 is 1.80 bits per heavy atom. The zero-order chi connectivity index (χ0) is 22.2. The van der Waals surface area contributed by atoms with E-state index in [1.165, 1.54) is 0 Å². The molecule has 2 fully saturated rings. The predicted octanol–water partition coefficient (Wildman–Crippen LogP) is 4.09. The number of likely N-dealkylation sites (tertiary alicyclic amines) is 1. The van der Waals surface area contributed by atoms with Gasteiger partial charge in [-0.3, -0.25) is 4.79 Å². The molecule has 5 nitrogen and oxygen atoms in total. The molecule has 0 radical (unpaired) electrons. The van der Waals surface area contributed by atoms with E-state index in [9.17, 15) is 4.79 Å². The standard InChI is InChI=1S/C25H40N2O3/c1-16(2)20-10-9-17(3)11-22(20)30-25(4,5)24(28)27-14-18-12-21(26(6)7)23(29-8)13-19(18)15-27/h9-11,16,18-19,21,23H,12-15H2,1-8H3/t18-,19+,21-,23-/m1/s1. The molecule has 0 N–H and O–H groups in total. The summed E-state index contributed by atoms with van der Waals surface area (Å²) in [5.74, 6) is 2.30. The van der Waals surface area contributed by atoms with Crippen molar-refractivity contribution in [3.05, 3.63) is 29.3 Å². The molecule has 4 atom stereocenters. The van der Waals surface area contributed by atoms with Gasteiger partial charge in [0.05, 0.1) is 6.10 Å². The van der Waals surface area contributed by atoms with Crippen molar-refractivity contribution in [2.45, 2.75) is 71.1 Å². The Morgan fingerprint density at radius 1 is 1.17 bits per heavy atom. The summed E-state index contributed by atoms with van der Waals surface area (Å²) in [6, 6.07) is 6.69. The normalized spacial score (nSPS) is 26.9. The number of carbonyl (C=O) groups is 1. The fourth-order valence-corrected chi connectivity index (χ4v) is 5.26. The molecule has 1 heterocycles. The number of hydrogen-bond donors (Lipinski definition) is 0. The molecule has 1 amide bonds. The van der Waals surface area contributed by atoms with Crippen molar-refractivity contribution in [2.75, 3.05) is 34.3 Å². The van der Waals surface area contributed by atoms with Crippen LogP contribution in [-0.2, 0) is 9.53 Å². The third-order valence-electron chi connectivity index (χ3n) is 7.01. The van der Waals surface area contributed by atoms with Crippen molar-refractivity contribution >= 4 is 5.91 Å². The minimum absolute atomic E-state index is 0.0866. The van der Waals surface area contributed by atoms with Gasteiger partial charge >= 0.3 is 0 Å². The first-order valence-electron chi connectivity index (χ1n) is 11.3. The second-order valence-electron chi connectivity index (χ2n) is 10.3. The molecular weight excluding hydrogens is 376 g/mol. The second-order valence-corrected chi connectivity index (χ2v) is 10.3. The van der Waals surface area contributed by atoms with Crippen LogP contribution >= 0.6 is 0 Å². The van der Waals surface area contributed by atoms with Gasteiger partial charge in [-0.1, -0.05) is 26.0 Å². The topological polar surface area (TPSA) is 42.0 Å². The molecule has 5 heteroatoms. The number of hydrogen-bond acceptors (Lipinski definition) is 4. The van der Waals surface area contributed by atoms with Crippen LogP contribution < -0.4 is 4.74 Å². The van der Waals surface area contributed by atoms with Gasteiger partial charge in [0.1, 0.15) is 5.75 Å². The van der Waals surface area contributed by atoms with Gasteiger partial charge < -0.3 is 19.3 Å². The van der Waals surface area contributed by atoms with Crippen LogP contribution in [0.15, 0.2) is 18.2 Å². The highest BCUT2D eigenvalue weighted by Gasteiger charge is 2.47. The largest absolute Gasteiger partial charge is 0.478 e. The van der Waals surface area contributed by atoms with Gasteiger partial charge in [-0.15, -0.1) is 0 Å². The van der Waals surface area contributed by atoms with Crippen LogP contribution in [0.3, 0.4) is 0 Å². The van der Waals surface area contributed by atoms with Crippen LogP contribution in [0.2, 0.25) is 0 Å². The maximum Gasteiger partial charge on any atom is 0.266 e. The van der Waals surface area contributed by atoms with E-state index in [0.717, 1.165) is 42.8 Å². The van der Waals surface area contributed by atoms with Crippen molar-refractivity contribution in [3.8, 4) is 5.75 Å². The van der Waals surface area contributed by atoms with Crippen molar-refractivity contribution in [2.24, 2.45) is 11.8 Å². The highest BCUT2D eigenvalue weighted by molar-refractivity contribution is 5.85. The zero-order valence-corrected chi connectivity index (χ0v) is 20.1. The van der Waals surface area contributed by atoms with E-state index in [-0.39, 0.29) is 12.0 Å². The van der Waals surface area contributed by atoms with Gasteiger partial charge in [0.15, 0.2) is 5.60 Å². The third kappa shape index (κ3) is 4.67. The molecule has 1 aromatic rings. The number of nitrogens with zero attached hydrogens (tertiary/aromatic N) is 2. The number of benzene rings is 1. The number of likely N-dealkylation sites (N-methyl/N-ethyl adjacent to an activating group) is 1. The van der Waals surface area contributed by atoms with Crippen molar-refractivity contribution in [1.29, 1.82) is 0 Å². The fraction of sp³-hybridized carbons (Fsp3) is 0.720. The minimum Gasteiger partial charge on any atom is -0.478 e. The maximum absolute atomic E-state index is 13.5. The molecule has 1 aliphatic carbocycles. The van der Waals surface area contributed by atoms with Gasteiger partial charge in [0.2, 0.25) is 0 Å². The molecule has 1 saturated carbocycles. The van der Waals surface area contributed by atoms with Crippen LogP contribution in [0.1, 0.15) is 57.6 Å². The van der Waals surface area contributed by atoms with Gasteiger partial charge in [-0.25, -0.2) is 0 Å². The monoisotopic (exact) mass is 416 g/mol. The quantitative estimate of drug-likeness (QED) is 0.700. The maximum atomic E-state index is 13.5. The van der Waals surface area contributed by atoms with E-state index < -0.39 is 5.60 Å². The Morgan fingerprint density at radius 3 is 2.37 bits per heavy atom. The lowest BCUT2D eigenvalue weighted by atomic mass is 9.77. The average Bonchev–Trinajstić information content (AvgIpc) is 3.08. The molecule has 1 aromatic carbocycles. The lowest BCUT2D eigenvalue weighted by molar-refractivity contribution is -0.144. The first kappa shape index (κ1) is 23.1. The third-order valence-corrected chi connectivity index (χ3v) is 7.01. The summed E-state index contributed by atoms with van der Waals surface area (Å²) in [4.78, 5) is 17.8. The molecule has 0 unspecified atom stereocenters. The Labute approximate surface area is 182 Å². The molecule has 1 aliphatic heterocycles. The van der Waals surface area contributed by atoms with E-state index in [0.29, 0.717) is 23.8 Å². The summed E-state index contributed by atoms with van der Waals surface area (Å²) in [6.07, 6.45) is 2.34. The van der Waals surface area contributed by atoms with Crippen LogP contribution in [0.4, 0.5) is 0 Å². The molecule has 0 spiro atoms. The highest BCUT2D eigenvalue weighted by atomic mass is 16.5. The molecule has 30 heavy (non-hydrogen) atoms. The van der Waals surface area contributed by atoms with Gasteiger partial charge in [0, 0.05) is 26.2 Å². The number of aryl methyl sites for hydroxylation is 1. The van der Waals surface area contributed by atoms with E-state index in [2.05, 4.69) is 58.0 Å². The Bertz CT molecular complexity index is 759. The number of amides is 1. The summed E-state index contributed by atoms with van der Waals surface area (Å²) in [5.41, 5.74) is 1.39. The Kier molecular flexibility index (Phi) is 6.83. The fourth-order valence-electron chi connectivity index (χ4n) is 5.26. The van der Waals surface area contributed by atoms with Crippen LogP contribution in [0.5, 0.6) is 5.75 Å². The summed E-state index contributed by atoms with van der Waals surface area (Å²) in [5, 5.41) is 0. The van der Waals surface area contributed by atoms with Crippen LogP contribution in [0, 0.1) is 18.8 Å². The van der Waals surface area contributed by atoms with Gasteiger partial charge in [-0.2, -0.15) is 0 Å². The minimum atomic E-state index is -0.896. The molecule has 0 aromatic heterocycles. The number of ether oxygens (including phenoxy) is 2. The molecule has 168 valence electrons. The second kappa shape index (κ2) is 8.88. The average molecular weight is 417 g/mol. The lowest BCUT2D eigenvalue weighted by Crippen LogP contribution is -2.48. The Hall–Kier alpha value is -1.59. The smallest absolute Gasteiger partial charge is 0.266 e. The lowest BCUT2D eigenvalue weighted by Gasteiger charge is -2.40. The van der Waals surface area contributed by atoms with Crippen LogP contribution in [0.25, 0.3) is 0 Å². The molecule has 1 saturated heterocycles. The van der Waals surface area contributed by atoms with Crippen molar-refractivity contribution < 1.29 is 14.3 Å². The number of rotatable bonds is 6. The first-order chi connectivity index (χ1) is 14.0. The summed E-state index contributed by atoms with van der Waals surface area (Å²) in [7, 11) is 6.06. The van der Waals surface area contributed by atoms with Crippen LogP contribution in [-0.4, -0.2) is 67.7 Å². The van der Waals surface area contributed by atoms with Gasteiger partial charge in [-0.05, 0) is 82.7 Å². The summed E-state index contributed by atoms with van der Waals surface area (Å²) in [6.45, 7) is 11.8. The zero-order valence-electron chi connectivity index (χ0n) is 20.1. The van der Waals surface area contributed by atoms with Crippen molar-refractivity contribution in [3.63, 3.8) is 0 Å². The predicted molar refractivity (Wildman–Crippen MR) is 121 cm³/mol. The molecule has 3 rings (SSSR count). The number of fused-ring (bicyclic) bond motifs is 1. The Balaban J connectivity index is 1.73. The first-order valence-corrected chi connectivity index (χ1v) is 11.3. The van der Waals surface area contributed by atoms with Gasteiger partial charge in [0.25, 0.3) is 5.91 Å². The summed E-state index contributed by atoms with van der Waals surface area (Å²) >= 11 is 0. The highest BCUT2D eigenvalue weighted by Crippen LogP contribution is 2.40.